The minimum Gasteiger partial charge on any atom is -0.545 e. The molecule has 0 spiro atoms. The van der Waals surface area contributed by atoms with Crippen molar-refractivity contribution in [1.29, 1.82) is 0 Å². The number of hydrogen-bond acceptors (Lipinski definition) is 8. The molecule has 1 radical (unpaired) electrons. The van der Waals surface area contributed by atoms with E-state index in [0.717, 1.165) is 34.2 Å². The molecule has 47 heavy (non-hydrogen) atoms. The number of carbonyl (C=O) groups excluding carboxylic acids is 2. The molecule has 0 fully saturated rings. The summed E-state index contributed by atoms with van der Waals surface area (Å²) in [5, 5.41) is 37.5. The quantitative estimate of drug-likeness (QED) is 0.211. The molecule has 0 saturated carbocycles. The van der Waals surface area contributed by atoms with Gasteiger partial charge < -0.3 is 40.0 Å². The van der Waals surface area contributed by atoms with Crippen LogP contribution in [0.15, 0.2) is 85.5 Å². The zero-order valence-corrected chi connectivity index (χ0v) is 26.7. The van der Waals surface area contributed by atoms with Gasteiger partial charge in [-0.25, -0.2) is 19.6 Å². The largest absolute Gasteiger partial charge is 2.00 e. The van der Waals surface area contributed by atoms with Crippen LogP contribution in [0.3, 0.4) is 0 Å². The maximum atomic E-state index is 10.4. The van der Waals surface area contributed by atoms with Crippen LogP contribution in [0.2, 0.25) is 0 Å². The van der Waals surface area contributed by atoms with Crippen molar-refractivity contribution in [1.82, 2.24) is 19.9 Å². The van der Waals surface area contributed by atoms with Gasteiger partial charge in [0.2, 0.25) is 0 Å². The molecule has 2 aromatic heterocycles. The summed E-state index contributed by atoms with van der Waals surface area (Å²) in [5.41, 5.74) is 9.17. The van der Waals surface area contributed by atoms with Crippen molar-refractivity contribution in [3.63, 3.8) is 0 Å². The van der Waals surface area contributed by atoms with Crippen LogP contribution >= 0.6 is 0 Å². The predicted molar refractivity (Wildman–Crippen MR) is 167 cm³/mol. The number of carboxylic acid groups (broad SMARTS) is 4. The van der Waals surface area contributed by atoms with Crippen LogP contribution in [0.5, 0.6) is 0 Å². The fraction of sp³-hybridized carbons (Fsp3) is 0.118. The molecule has 0 aliphatic rings. The van der Waals surface area contributed by atoms with Gasteiger partial charge in [-0.1, -0.05) is 24.3 Å². The molecule has 0 amide bonds. The van der Waals surface area contributed by atoms with Crippen LogP contribution in [-0.4, -0.2) is 54.0 Å². The van der Waals surface area contributed by atoms with E-state index in [1.807, 2.05) is 0 Å². The number of benzene rings is 4. The summed E-state index contributed by atoms with van der Waals surface area (Å²) >= 11 is 0. The number of nitrogens with zero attached hydrogens (tertiary/aromatic N) is 2. The predicted octanol–water partition coefficient (Wildman–Crippen LogP) is 3.85. The summed E-state index contributed by atoms with van der Waals surface area (Å²) in [6.07, 6.45) is 3.45. The molecule has 0 aliphatic heterocycles. The van der Waals surface area contributed by atoms with E-state index in [2.05, 4.69) is 71.9 Å². The molecular weight excluding hydrogens is 651 g/mol. The molecule has 12 nitrogen and oxygen atoms in total. The second-order valence-electron chi connectivity index (χ2n) is 10.1. The zero-order valence-electron chi connectivity index (χ0n) is 25.7. The number of hydrogen-bond donors (Lipinski definition) is 4. The van der Waals surface area contributed by atoms with E-state index < -0.39 is 23.9 Å². The Morgan fingerprint density at radius 2 is 0.872 bits per heavy atom. The van der Waals surface area contributed by atoms with Gasteiger partial charge in [0.1, 0.15) is 0 Å². The number of imidazole rings is 2. The van der Waals surface area contributed by atoms with Crippen LogP contribution in [0, 0.1) is 27.7 Å². The van der Waals surface area contributed by atoms with Gasteiger partial charge in [0.25, 0.3) is 0 Å². The molecule has 0 aliphatic carbocycles. The Hall–Kier alpha value is -5.79. The van der Waals surface area contributed by atoms with Crippen LogP contribution in [0.4, 0.5) is 0 Å². The van der Waals surface area contributed by atoms with Gasteiger partial charge in [0, 0.05) is 0 Å². The van der Waals surface area contributed by atoms with E-state index in [9.17, 15) is 29.4 Å². The number of nitrogens with one attached hydrogen (secondary N) is 2. The Morgan fingerprint density at radius 3 is 1.19 bits per heavy atom. The first-order chi connectivity index (χ1) is 21.8. The molecule has 0 unspecified atom stereocenters. The number of carboxylic acids is 4. The van der Waals surface area contributed by atoms with Crippen molar-refractivity contribution < 1.29 is 56.4 Å². The van der Waals surface area contributed by atoms with Crippen molar-refractivity contribution in [3.8, 4) is 0 Å². The van der Waals surface area contributed by atoms with Crippen molar-refractivity contribution in [2.75, 3.05) is 0 Å². The Balaban J connectivity index is 0.000000216. The maximum Gasteiger partial charge on any atom is 2.00 e. The third kappa shape index (κ3) is 10.7. The number of fused-ring (bicyclic) bond motifs is 2. The first kappa shape index (κ1) is 37.4. The maximum absolute atomic E-state index is 10.4. The normalized spacial score (nSPS) is 9.79. The summed E-state index contributed by atoms with van der Waals surface area (Å²) in [7, 11) is 0. The first-order valence-corrected chi connectivity index (χ1v) is 13.7. The smallest absolute Gasteiger partial charge is 0.545 e. The van der Waals surface area contributed by atoms with Gasteiger partial charge in [-0.2, -0.15) is 0 Å². The number of carbonyl (C=O) groups is 4. The summed E-state index contributed by atoms with van der Waals surface area (Å²) in [6.45, 7) is 8.41. The Morgan fingerprint density at radius 1 is 0.553 bits per heavy atom. The Kier molecular flexibility index (Phi) is 13.6. The summed E-state index contributed by atoms with van der Waals surface area (Å²) in [5.74, 6) is -5.06. The fourth-order valence-corrected chi connectivity index (χ4v) is 3.95. The van der Waals surface area contributed by atoms with Gasteiger partial charge in [0.05, 0.1) is 57.8 Å². The Labute approximate surface area is 279 Å². The van der Waals surface area contributed by atoms with Crippen molar-refractivity contribution in [2.45, 2.75) is 27.7 Å². The molecule has 6 aromatic rings. The average Bonchev–Trinajstić information content (AvgIpc) is 3.67. The van der Waals surface area contributed by atoms with E-state index in [1.54, 1.807) is 12.7 Å². The molecule has 0 bridgehead atoms. The molecular formula is C34H30CoN4O8. The number of rotatable bonds is 4. The average molecular weight is 682 g/mol. The molecule has 0 atom stereocenters. The van der Waals surface area contributed by atoms with Crippen molar-refractivity contribution in [3.05, 3.63) is 130 Å². The SMILES string of the molecule is Cc1cc2nc[nH]c2cc1C.Cc1cc2nc[nH]c2cc1C.O=C([O-])c1cccc(C(=O)O)c1.O=C([O-])c1cccc(C(=O)O)c1.[Co+2]. The van der Waals surface area contributed by atoms with Gasteiger partial charge in [-0.3, -0.25) is 0 Å². The number of aromatic carboxylic acids is 4. The van der Waals surface area contributed by atoms with E-state index in [1.165, 1.54) is 58.7 Å². The number of aromatic amines is 2. The molecule has 4 N–H and O–H groups in total. The van der Waals surface area contributed by atoms with Gasteiger partial charge in [0.15, 0.2) is 0 Å². The standard InChI is InChI=1S/2C9H10N2.2C8H6O4.Co/c2*1-6-3-8-9(4-7(6)2)11-5-10-8;2*9-7(10)5-2-1-3-6(4-5)8(11)12;/h2*3-5H,1-2H3,(H,10,11);2*1-4H,(H,9,10)(H,11,12);/q;;;;+2/p-2. The molecule has 2 heterocycles. The number of aryl methyl sites for hydroxylation is 4. The van der Waals surface area contributed by atoms with Gasteiger partial charge >= 0.3 is 28.7 Å². The summed E-state index contributed by atoms with van der Waals surface area (Å²) in [4.78, 5) is 55.8. The summed E-state index contributed by atoms with van der Waals surface area (Å²) in [6, 6.07) is 18.4. The fourth-order valence-electron chi connectivity index (χ4n) is 3.95. The second-order valence-corrected chi connectivity index (χ2v) is 10.1. The van der Waals surface area contributed by atoms with Crippen LogP contribution in [0.1, 0.15) is 63.7 Å². The zero-order chi connectivity index (χ0) is 34.0. The molecule has 6 rings (SSSR count). The van der Waals surface area contributed by atoms with Crippen LogP contribution in [0.25, 0.3) is 22.1 Å². The minimum absolute atomic E-state index is 0. The number of H-pyrrole nitrogens is 2. The van der Waals surface area contributed by atoms with Crippen LogP contribution < -0.4 is 10.2 Å². The third-order valence-electron chi connectivity index (χ3n) is 6.76. The van der Waals surface area contributed by atoms with Gasteiger partial charge in [-0.15, -0.1) is 0 Å². The molecule has 4 aromatic carbocycles. The monoisotopic (exact) mass is 681 g/mol. The summed E-state index contributed by atoms with van der Waals surface area (Å²) < 4.78 is 0. The minimum atomic E-state index is -1.38. The topological polar surface area (TPSA) is 212 Å². The van der Waals surface area contributed by atoms with Crippen molar-refractivity contribution in [2.24, 2.45) is 0 Å². The van der Waals surface area contributed by atoms with E-state index in [0.29, 0.717) is 0 Å². The molecule has 0 saturated heterocycles. The second kappa shape index (κ2) is 17.1. The van der Waals surface area contributed by atoms with E-state index in [4.69, 9.17) is 10.2 Å². The van der Waals surface area contributed by atoms with Crippen LogP contribution in [-0.2, 0) is 16.8 Å². The van der Waals surface area contributed by atoms with E-state index >= 15 is 0 Å². The van der Waals surface area contributed by atoms with E-state index in [-0.39, 0.29) is 39.0 Å². The number of aromatic nitrogens is 4. The third-order valence-corrected chi connectivity index (χ3v) is 6.76. The van der Waals surface area contributed by atoms with Gasteiger partial charge in [-0.05, 0) is 110 Å². The first-order valence-electron chi connectivity index (χ1n) is 13.7. The van der Waals surface area contributed by atoms with Crippen molar-refractivity contribution >= 4 is 45.9 Å². The molecule has 243 valence electrons. The Bertz CT molecular complexity index is 1760. The molecule has 13 heteroatoms.